The summed E-state index contributed by atoms with van der Waals surface area (Å²) in [6.07, 6.45) is -2.06. The first-order valence-corrected chi connectivity index (χ1v) is 14.0. The van der Waals surface area contributed by atoms with E-state index in [4.69, 9.17) is 28.4 Å². The molecule has 1 rings (SSSR count). The zero-order chi connectivity index (χ0) is 31.2. The lowest BCUT2D eigenvalue weighted by Crippen LogP contribution is -2.59. The van der Waals surface area contributed by atoms with E-state index in [1.54, 1.807) is 20.8 Å². The molecule has 41 heavy (non-hydrogen) atoms. The van der Waals surface area contributed by atoms with Gasteiger partial charge in [-0.2, -0.15) is 0 Å². The van der Waals surface area contributed by atoms with E-state index in [1.165, 1.54) is 18.2 Å². The molecule has 0 aliphatic rings. The molecule has 12 heteroatoms. The van der Waals surface area contributed by atoms with E-state index in [2.05, 4.69) is 5.32 Å². The van der Waals surface area contributed by atoms with Crippen LogP contribution in [0.3, 0.4) is 0 Å². The lowest BCUT2D eigenvalue weighted by atomic mass is 10.00. The van der Waals surface area contributed by atoms with Crippen molar-refractivity contribution in [2.45, 2.75) is 98.9 Å². The highest BCUT2D eigenvalue weighted by Gasteiger charge is 2.45. The van der Waals surface area contributed by atoms with Crippen LogP contribution in [0.5, 0.6) is 11.5 Å². The number of nitrogens with one attached hydrogen (secondary N) is 1. The summed E-state index contributed by atoms with van der Waals surface area (Å²) in [5, 5.41) is 13.0. The van der Waals surface area contributed by atoms with Crippen LogP contribution in [0.15, 0.2) is 18.2 Å². The maximum atomic E-state index is 12.5. The molecule has 0 bridgehead atoms. The third-order valence-electron chi connectivity index (χ3n) is 6.24. The summed E-state index contributed by atoms with van der Waals surface area (Å²) in [5.41, 5.74) is -1.96. The van der Waals surface area contributed by atoms with Crippen LogP contribution >= 0.6 is 0 Å². The van der Waals surface area contributed by atoms with Crippen LogP contribution < -0.4 is 14.8 Å². The number of carboxylic acid groups (broad SMARTS) is 1. The first kappa shape index (κ1) is 35.5. The van der Waals surface area contributed by atoms with Gasteiger partial charge in [-0.25, -0.2) is 19.2 Å². The summed E-state index contributed by atoms with van der Waals surface area (Å²) in [6.45, 7) is 14.7. The summed E-state index contributed by atoms with van der Waals surface area (Å²) in [6, 6.07) is 3.70. The Morgan fingerprint density at radius 2 is 1.34 bits per heavy atom. The molecule has 0 aromatic heterocycles. The molecule has 232 valence electrons. The van der Waals surface area contributed by atoms with Crippen molar-refractivity contribution >= 4 is 24.4 Å². The second-order valence-electron chi connectivity index (χ2n) is 10.4. The molecule has 0 radical (unpaired) electrons. The highest BCUT2D eigenvalue weighted by Crippen LogP contribution is 2.32. The van der Waals surface area contributed by atoms with Crippen molar-refractivity contribution in [1.82, 2.24) is 5.32 Å². The summed E-state index contributed by atoms with van der Waals surface area (Å²) in [4.78, 5) is 49.7. The molecule has 0 saturated heterocycles. The SMILES string of the molecule is CCC(C)COC(=O)Oc1ccc(C[C@](NC(C)CC)(OC(=O)OC(C)C)C(=O)O)cc1OC(=O)OCC(C)CC. The van der Waals surface area contributed by atoms with Gasteiger partial charge in [0.15, 0.2) is 11.5 Å². The van der Waals surface area contributed by atoms with Crippen molar-refractivity contribution < 1.29 is 52.7 Å². The molecule has 3 unspecified atom stereocenters. The standard InChI is InChI=1S/C29H45NO11/c1-9-19(6)16-36-26(33)39-23-13-12-22(14-24(23)40-27(34)37-17-20(7)10-2)15-29(25(31)32,30-21(8)11-3)41-28(35)38-18(4)5/h12-14,18-21,30H,9-11,15-17H2,1-8H3,(H,31,32)/t19?,20?,21?,29-/m0/s1. The Bertz CT molecular complexity index is 1010. The average molecular weight is 584 g/mol. The Balaban J connectivity index is 3.40. The molecule has 4 atom stereocenters. The minimum absolute atomic E-state index is 0.0886. The van der Waals surface area contributed by atoms with E-state index in [1.807, 2.05) is 34.6 Å². The van der Waals surface area contributed by atoms with Gasteiger partial charge < -0.3 is 33.5 Å². The summed E-state index contributed by atoms with van der Waals surface area (Å²) >= 11 is 0. The monoisotopic (exact) mass is 583 g/mol. The first-order chi connectivity index (χ1) is 19.2. The first-order valence-electron chi connectivity index (χ1n) is 14.0. The Hall–Kier alpha value is -3.54. The predicted octanol–water partition coefficient (Wildman–Crippen LogP) is 6.08. The van der Waals surface area contributed by atoms with Crippen LogP contribution in [-0.4, -0.2) is 60.6 Å². The third kappa shape index (κ3) is 12.7. The third-order valence-corrected chi connectivity index (χ3v) is 6.24. The number of ether oxygens (including phenoxy) is 6. The Morgan fingerprint density at radius 3 is 1.80 bits per heavy atom. The van der Waals surface area contributed by atoms with E-state index in [0.29, 0.717) is 6.42 Å². The zero-order valence-electron chi connectivity index (χ0n) is 25.3. The van der Waals surface area contributed by atoms with E-state index in [-0.39, 0.29) is 48.2 Å². The van der Waals surface area contributed by atoms with Crippen LogP contribution in [-0.2, 0) is 30.2 Å². The summed E-state index contributed by atoms with van der Waals surface area (Å²) < 4.78 is 31.3. The van der Waals surface area contributed by atoms with Gasteiger partial charge >= 0.3 is 24.4 Å². The number of carboxylic acids is 1. The second-order valence-corrected chi connectivity index (χ2v) is 10.4. The van der Waals surface area contributed by atoms with Crippen molar-refractivity contribution in [3.05, 3.63) is 23.8 Å². The number of rotatable bonds is 16. The molecule has 1 aromatic rings. The van der Waals surface area contributed by atoms with E-state index >= 15 is 0 Å². The average Bonchev–Trinajstić information content (AvgIpc) is 2.90. The topological polar surface area (TPSA) is 156 Å². The fourth-order valence-corrected chi connectivity index (χ4v) is 3.17. The van der Waals surface area contributed by atoms with Crippen molar-refractivity contribution in [1.29, 1.82) is 0 Å². The quantitative estimate of drug-likeness (QED) is 0.100. The van der Waals surface area contributed by atoms with Gasteiger partial charge in [0.1, 0.15) is 0 Å². The van der Waals surface area contributed by atoms with Gasteiger partial charge in [0.2, 0.25) is 0 Å². The molecule has 0 saturated carbocycles. The van der Waals surface area contributed by atoms with Crippen LogP contribution in [0.1, 0.15) is 80.2 Å². The number of carbonyl (C=O) groups is 4. The number of benzene rings is 1. The van der Waals surface area contributed by atoms with Crippen molar-refractivity contribution in [2.24, 2.45) is 11.8 Å². The van der Waals surface area contributed by atoms with Gasteiger partial charge in [-0.05, 0) is 56.7 Å². The van der Waals surface area contributed by atoms with Crippen LogP contribution in [0, 0.1) is 11.8 Å². The molecular weight excluding hydrogens is 538 g/mol. The zero-order valence-corrected chi connectivity index (χ0v) is 25.3. The number of aliphatic carboxylic acids is 1. The minimum atomic E-state index is -2.23. The van der Waals surface area contributed by atoms with Crippen LogP contribution in [0.2, 0.25) is 0 Å². The Labute approximate surface area is 241 Å². The summed E-state index contributed by atoms with van der Waals surface area (Å²) in [5.74, 6) is -1.64. The van der Waals surface area contributed by atoms with E-state index in [0.717, 1.165) is 12.8 Å². The normalized spacial score (nSPS) is 14.7. The Kier molecular flexibility index (Phi) is 15.0. The van der Waals surface area contributed by atoms with Gasteiger partial charge in [0.05, 0.1) is 19.3 Å². The maximum Gasteiger partial charge on any atom is 0.513 e. The van der Waals surface area contributed by atoms with Gasteiger partial charge in [0.25, 0.3) is 5.72 Å². The lowest BCUT2D eigenvalue weighted by molar-refractivity contribution is -0.167. The smallest absolute Gasteiger partial charge is 0.477 e. The van der Waals surface area contributed by atoms with Gasteiger partial charge in [-0.1, -0.05) is 53.5 Å². The molecule has 0 heterocycles. The van der Waals surface area contributed by atoms with Gasteiger partial charge in [0, 0.05) is 12.5 Å². The van der Waals surface area contributed by atoms with Crippen molar-refractivity contribution in [3.63, 3.8) is 0 Å². The van der Waals surface area contributed by atoms with Gasteiger partial charge in [-0.3, -0.25) is 5.32 Å². The van der Waals surface area contributed by atoms with Crippen molar-refractivity contribution in [3.8, 4) is 11.5 Å². The largest absolute Gasteiger partial charge is 0.513 e. The number of hydrogen-bond donors (Lipinski definition) is 2. The second kappa shape index (κ2) is 17.3. The molecule has 2 N–H and O–H groups in total. The van der Waals surface area contributed by atoms with E-state index in [9.17, 15) is 24.3 Å². The maximum absolute atomic E-state index is 12.5. The molecule has 0 amide bonds. The molecular formula is C29H45NO11. The van der Waals surface area contributed by atoms with E-state index < -0.39 is 42.7 Å². The molecule has 0 spiro atoms. The van der Waals surface area contributed by atoms with Gasteiger partial charge in [-0.15, -0.1) is 0 Å². The predicted molar refractivity (Wildman–Crippen MR) is 149 cm³/mol. The fraction of sp³-hybridized carbons (Fsp3) is 0.655. The van der Waals surface area contributed by atoms with Crippen LogP contribution in [0.25, 0.3) is 0 Å². The lowest BCUT2D eigenvalue weighted by Gasteiger charge is -2.32. The highest BCUT2D eigenvalue weighted by molar-refractivity contribution is 5.80. The molecule has 1 aromatic carbocycles. The summed E-state index contributed by atoms with van der Waals surface area (Å²) in [7, 11) is 0. The van der Waals surface area contributed by atoms with Crippen LogP contribution in [0.4, 0.5) is 14.4 Å². The molecule has 12 nitrogen and oxygen atoms in total. The van der Waals surface area contributed by atoms with Crippen molar-refractivity contribution in [2.75, 3.05) is 13.2 Å². The number of hydrogen-bond acceptors (Lipinski definition) is 11. The minimum Gasteiger partial charge on any atom is -0.477 e. The fourth-order valence-electron chi connectivity index (χ4n) is 3.17. The highest BCUT2D eigenvalue weighted by atomic mass is 16.8. The molecule has 0 aliphatic carbocycles. The molecule has 0 fully saturated rings. The molecule has 0 aliphatic heterocycles. The number of carbonyl (C=O) groups excluding carboxylic acids is 3. The Morgan fingerprint density at radius 1 is 0.805 bits per heavy atom.